The summed E-state index contributed by atoms with van der Waals surface area (Å²) < 4.78 is 12.9. The van der Waals surface area contributed by atoms with Crippen LogP contribution in [-0.4, -0.2) is 22.1 Å². The Morgan fingerprint density at radius 1 is 0.919 bits per heavy atom. The number of nitrogens with zero attached hydrogens (tertiary/aromatic N) is 2. The predicted molar refractivity (Wildman–Crippen MR) is 144 cm³/mol. The maximum Gasteiger partial charge on any atom is 0.231 e. The Labute approximate surface area is 215 Å². The number of aryl methyl sites for hydroxylation is 2. The average Bonchev–Trinajstić information content (AvgIpc) is 3.55. The van der Waals surface area contributed by atoms with Crippen molar-refractivity contribution in [1.29, 1.82) is 0 Å². The van der Waals surface area contributed by atoms with Crippen LogP contribution in [0, 0.1) is 6.92 Å². The highest BCUT2D eigenvalue weighted by atomic mass is 16.7. The van der Waals surface area contributed by atoms with E-state index in [0.29, 0.717) is 19.4 Å². The number of ether oxygens (including phenoxy) is 2. The van der Waals surface area contributed by atoms with Crippen molar-refractivity contribution in [2.45, 2.75) is 26.3 Å². The van der Waals surface area contributed by atoms with Crippen LogP contribution in [0.25, 0.3) is 28.0 Å². The number of hydrogen-bond donors (Lipinski definition) is 1. The Morgan fingerprint density at radius 3 is 2.59 bits per heavy atom. The van der Waals surface area contributed by atoms with Crippen LogP contribution < -0.4 is 14.8 Å². The summed E-state index contributed by atoms with van der Waals surface area (Å²) in [6.07, 6.45) is 3.05. The van der Waals surface area contributed by atoms with E-state index in [1.54, 1.807) is 0 Å². The van der Waals surface area contributed by atoms with Gasteiger partial charge in [-0.2, -0.15) is 0 Å². The first-order chi connectivity index (χ1) is 18.2. The molecule has 0 unspecified atom stereocenters. The molecule has 5 aromatic rings. The minimum absolute atomic E-state index is 0.0123. The quantitative estimate of drug-likeness (QED) is 0.307. The van der Waals surface area contributed by atoms with E-state index < -0.39 is 0 Å². The molecule has 0 aliphatic carbocycles. The molecule has 37 heavy (non-hydrogen) atoms. The zero-order valence-electron chi connectivity index (χ0n) is 20.6. The van der Waals surface area contributed by atoms with Gasteiger partial charge in [-0.15, -0.1) is 0 Å². The molecular formula is C31H27N3O3. The largest absolute Gasteiger partial charge is 0.454 e. The molecule has 3 heterocycles. The van der Waals surface area contributed by atoms with E-state index in [1.807, 2.05) is 36.4 Å². The van der Waals surface area contributed by atoms with Gasteiger partial charge in [0, 0.05) is 24.7 Å². The van der Waals surface area contributed by atoms with E-state index in [1.165, 1.54) is 11.1 Å². The minimum Gasteiger partial charge on any atom is -0.454 e. The molecule has 0 atom stereocenters. The lowest BCUT2D eigenvalue weighted by Crippen LogP contribution is -2.23. The van der Waals surface area contributed by atoms with Gasteiger partial charge in [-0.05, 0) is 59.9 Å². The Morgan fingerprint density at radius 2 is 1.73 bits per heavy atom. The van der Waals surface area contributed by atoms with Gasteiger partial charge in [-0.1, -0.05) is 60.7 Å². The molecule has 1 aliphatic rings. The predicted octanol–water partition coefficient (Wildman–Crippen LogP) is 5.95. The second-order valence-corrected chi connectivity index (χ2v) is 9.20. The Hall–Kier alpha value is -4.58. The Balaban J connectivity index is 1.26. The first kappa shape index (κ1) is 22.9. The topological polar surface area (TPSA) is 64.9 Å². The Bertz CT molecular complexity index is 1590. The number of carbonyl (C=O) groups is 1. The molecule has 1 amide bonds. The van der Waals surface area contributed by atoms with Crippen LogP contribution in [0.1, 0.15) is 23.2 Å². The Kier molecular flexibility index (Phi) is 6.06. The summed E-state index contributed by atoms with van der Waals surface area (Å²) in [6.45, 7) is 2.79. The van der Waals surface area contributed by atoms with Crippen LogP contribution in [0.3, 0.4) is 0 Å². The van der Waals surface area contributed by atoms with E-state index in [9.17, 15) is 4.79 Å². The van der Waals surface area contributed by atoms with Gasteiger partial charge in [0.05, 0.1) is 11.4 Å². The fraction of sp³-hybridized carbons (Fsp3) is 0.161. The molecule has 0 spiro atoms. The van der Waals surface area contributed by atoms with Crippen molar-refractivity contribution in [3.05, 3.63) is 108 Å². The smallest absolute Gasteiger partial charge is 0.231 e. The molecule has 3 aromatic carbocycles. The van der Waals surface area contributed by atoms with Crippen molar-refractivity contribution in [2.75, 3.05) is 6.79 Å². The van der Waals surface area contributed by atoms with E-state index in [2.05, 4.69) is 71.4 Å². The number of aromatic nitrogens is 2. The zero-order chi connectivity index (χ0) is 25.2. The van der Waals surface area contributed by atoms with Gasteiger partial charge < -0.3 is 19.2 Å². The number of pyridine rings is 1. The summed E-state index contributed by atoms with van der Waals surface area (Å²) >= 11 is 0. The van der Waals surface area contributed by atoms with Crippen LogP contribution in [0.2, 0.25) is 0 Å². The van der Waals surface area contributed by atoms with E-state index in [0.717, 1.165) is 45.2 Å². The minimum atomic E-state index is -0.0123. The summed E-state index contributed by atoms with van der Waals surface area (Å²) in [5.74, 6) is 1.44. The third-order valence-corrected chi connectivity index (χ3v) is 6.74. The number of fused-ring (bicyclic) bond motifs is 2. The molecule has 0 saturated carbocycles. The third kappa shape index (κ3) is 4.66. The molecule has 2 aromatic heterocycles. The summed E-state index contributed by atoms with van der Waals surface area (Å²) in [5.41, 5.74) is 8.34. The van der Waals surface area contributed by atoms with Gasteiger partial charge in [0.2, 0.25) is 12.7 Å². The number of carbonyl (C=O) groups excluding carboxylic acids is 1. The number of imidazole rings is 1. The number of benzene rings is 3. The number of rotatable bonds is 7. The van der Waals surface area contributed by atoms with Crippen LogP contribution in [-0.2, 0) is 17.8 Å². The molecule has 0 radical (unpaired) electrons. The van der Waals surface area contributed by atoms with Crippen molar-refractivity contribution in [3.8, 4) is 33.9 Å². The first-order valence-electron chi connectivity index (χ1n) is 12.4. The van der Waals surface area contributed by atoms with Crippen molar-refractivity contribution in [3.63, 3.8) is 0 Å². The monoisotopic (exact) mass is 489 g/mol. The highest BCUT2D eigenvalue weighted by Crippen LogP contribution is 2.32. The standard InChI is InChI=1S/C31H27N3O3/c1-21-7-5-6-10-25(21)24-12-15-29-33-31(23-8-3-2-4-9-23)26(34(29)19-24)13-16-30(35)32-18-22-11-14-27-28(17-22)37-20-36-27/h2-12,14-15,17,19H,13,16,18,20H2,1H3,(H,32,35). The molecule has 184 valence electrons. The molecule has 0 bridgehead atoms. The summed E-state index contributed by atoms with van der Waals surface area (Å²) in [7, 11) is 0. The lowest BCUT2D eigenvalue weighted by Gasteiger charge is -2.10. The van der Waals surface area contributed by atoms with E-state index >= 15 is 0 Å². The molecule has 1 N–H and O–H groups in total. The highest BCUT2D eigenvalue weighted by Gasteiger charge is 2.17. The summed E-state index contributed by atoms with van der Waals surface area (Å²) in [4.78, 5) is 17.8. The SMILES string of the molecule is Cc1ccccc1-c1ccc2nc(-c3ccccc3)c(CCC(=O)NCc3ccc4c(c3)OCO4)n2c1. The highest BCUT2D eigenvalue weighted by molar-refractivity contribution is 5.77. The molecular weight excluding hydrogens is 462 g/mol. The van der Waals surface area contributed by atoms with Crippen LogP contribution in [0.4, 0.5) is 0 Å². The normalized spacial score (nSPS) is 12.1. The number of hydrogen-bond acceptors (Lipinski definition) is 4. The van der Waals surface area contributed by atoms with Gasteiger partial charge in [0.15, 0.2) is 11.5 Å². The van der Waals surface area contributed by atoms with Crippen molar-refractivity contribution >= 4 is 11.6 Å². The zero-order valence-corrected chi connectivity index (χ0v) is 20.6. The molecule has 6 rings (SSSR count). The first-order valence-corrected chi connectivity index (χ1v) is 12.4. The fourth-order valence-corrected chi connectivity index (χ4v) is 4.79. The van der Waals surface area contributed by atoms with E-state index in [4.69, 9.17) is 14.5 Å². The molecule has 6 heteroatoms. The fourth-order valence-electron chi connectivity index (χ4n) is 4.79. The van der Waals surface area contributed by atoms with Crippen LogP contribution in [0.15, 0.2) is 91.1 Å². The van der Waals surface area contributed by atoms with Gasteiger partial charge in [0.1, 0.15) is 5.65 Å². The second kappa shape index (κ2) is 9.82. The number of amides is 1. The van der Waals surface area contributed by atoms with Gasteiger partial charge in [-0.25, -0.2) is 4.98 Å². The van der Waals surface area contributed by atoms with Gasteiger partial charge in [-0.3, -0.25) is 4.79 Å². The number of nitrogens with one attached hydrogen (secondary N) is 1. The lowest BCUT2D eigenvalue weighted by atomic mass is 10.0. The third-order valence-electron chi connectivity index (χ3n) is 6.74. The van der Waals surface area contributed by atoms with Gasteiger partial charge in [0.25, 0.3) is 0 Å². The average molecular weight is 490 g/mol. The van der Waals surface area contributed by atoms with Crippen molar-refractivity contribution < 1.29 is 14.3 Å². The molecule has 0 saturated heterocycles. The van der Waals surface area contributed by atoms with E-state index in [-0.39, 0.29) is 12.7 Å². The van der Waals surface area contributed by atoms with Crippen LogP contribution in [0.5, 0.6) is 11.5 Å². The van der Waals surface area contributed by atoms with Gasteiger partial charge >= 0.3 is 0 Å². The summed E-state index contributed by atoms with van der Waals surface area (Å²) in [6, 6.07) is 28.4. The lowest BCUT2D eigenvalue weighted by molar-refractivity contribution is -0.121. The van der Waals surface area contributed by atoms with Crippen LogP contribution >= 0.6 is 0 Å². The molecule has 6 nitrogen and oxygen atoms in total. The van der Waals surface area contributed by atoms with Crippen molar-refractivity contribution in [1.82, 2.24) is 14.7 Å². The van der Waals surface area contributed by atoms with Crippen molar-refractivity contribution in [2.24, 2.45) is 0 Å². The summed E-state index contributed by atoms with van der Waals surface area (Å²) in [5, 5.41) is 3.04. The molecule has 1 aliphatic heterocycles. The maximum atomic E-state index is 12.9. The second-order valence-electron chi connectivity index (χ2n) is 9.20. The maximum absolute atomic E-state index is 12.9. The molecule has 0 fully saturated rings.